The van der Waals surface area contributed by atoms with Gasteiger partial charge in [0.2, 0.25) is 5.91 Å². The normalized spacial score (nSPS) is 12.5. The van der Waals surface area contributed by atoms with Gasteiger partial charge in [-0.3, -0.25) is 14.6 Å². The van der Waals surface area contributed by atoms with Gasteiger partial charge in [-0.25, -0.2) is 4.98 Å². The number of aromatic nitrogens is 5. The Hall–Kier alpha value is -2.70. The van der Waals surface area contributed by atoms with Crippen LogP contribution >= 0.6 is 0 Å². The van der Waals surface area contributed by atoms with Gasteiger partial charge in [0.1, 0.15) is 6.04 Å². The fourth-order valence-corrected chi connectivity index (χ4v) is 2.63. The monoisotopic (exact) mass is 298 g/mol. The maximum atomic E-state index is 12.5. The number of aryl methyl sites for hydroxylation is 2. The largest absolute Gasteiger partial charge is 0.307 e. The molecule has 7 heteroatoms. The summed E-state index contributed by atoms with van der Waals surface area (Å²) in [4.78, 5) is 16.9. The lowest BCUT2D eigenvalue weighted by molar-refractivity contribution is -0.119. The van der Waals surface area contributed by atoms with Gasteiger partial charge >= 0.3 is 0 Å². The Morgan fingerprint density at radius 3 is 2.95 bits per heavy atom. The summed E-state index contributed by atoms with van der Waals surface area (Å²) >= 11 is 0. The lowest BCUT2D eigenvalue weighted by atomic mass is 10.1. The van der Waals surface area contributed by atoms with E-state index in [0.717, 1.165) is 16.6 Å². The average molecular weight is 298 g/mol. The third kappa shape index (κ3) is 2.45. The van der Waals surface area contributed by atoms with E-state index in [4.69, 9.17) is 0 Å². The Balaban J connectivity index is 1.91. The Kier molecular flexibility index (Phi) is 3.62. The maximum absolute atomic E-state index is 12.5. The SMILES string of the molecule is CCC(C(=O)Nc1n[nH]c2nc(C)cc(C)c12)n1cccn1. The van der Waals surface area contributed by atoms with Crippen molar-refractivity contribution in [2.24, 2.45) is 0 Å². The van der Waals surface area contributed by atoms with Crippen LogP contribution in [0.5, 0.6) is 0 Å². The van der Waals surface area contributed by atoms with Gasteiger partial charge in [0, 0.05) is 18.1 Å². The molecular weight excluding hydrogens is 280 g/mol. The van der Waals surface area contributed by atoms with Crippen molar-refractivity contribution < 1.29 is 4.79 Å². The first-order valence-electron chi connectivity index (χ1n) is 7.22. The van der Waals surface area contributed by atoms with Crippen molar-refractivity contribution in [1.82, 2.24) is 25.0 Å². The lowest BCUT2D eigenvalue weighted by Crippen LogP contribution is -2.26. The van der Waals surface area contributed by atoms with E-state index in [2.05, 4.69) is 25.6 Å². The van der Waals surface area contributed by atoms with E-state index in [0.29, 0.717) is 17.9 Å². The molecule has 0 aliphatic rings. The standard InChI is InChI=1S/C15H18N6O/c1-4-11(21-7-5-6-16-21)15(22)18-14-12-9(2)8-10(3)17-13(12)19-20-14/h5-8,11H,4H2,1-3H3,(H2,17,18,19,20,22). The van der Waals surface area contributed by atoms with Crippen LogP contribution in [0, 0.1) is 13.8 Å². The summed E-state index contributed by atoms with van der Waals surface area (Å²) in [7, 11) is 0. The number of H-pyrrole nitrogens is 1. The van der Waals surface area contributed by atoms with E-state index in [1.165, 1.54) is 0 Å². The number of hydrogen-bond donors (Lipinski definition) is 2. The zero-order valence-electron chi connectivity index (χ0n) is 12.8. The van der Waals surface area contributed by atoms with E-state index in [9.17, 15) is 4.79 Å². The van der Waals surface area contributed by atoms with E-state index in [-0.39, 0.29) is 11.9 Å². The molecule has 3 aromatic heterocycles. The average Bonchev–Trinajstić information content (AvgIpc) is 3.10. The van der Waals surface area contributed by atoms with Crippen molar-refractivity contribution in [3.05, 3.63) is 35.8 Å². The first-order chi connectivity index (χ1) is 10.6. The predicted molar refractivity (Wildman–Crippen MR) is 83.5 cm³/mol. The molecule has 2 N–H and O–H groups in total. The predicted octanol–water partition coefficient (Wildman–Crippen LogP) is 2.36. The van der Waals surface area contributed by atoms with Crippen LogP contribution in [0.15, 0.2) is 24.5 Å². The van der Waals surface area contributed by atoms with Crippen LogP contribution in [0.1, 0.15) is 30.6 Å². The molecule has 0 aromatic carbocycles. The number of hydrogen-bond acceptors (Lipinski definition) is 4. The molecule has 114 valence electrons. The zero-order valence-corrected chi connectivity index (χ0v) is 12.8. The van der Waals surface area contributed by atoms with Crippen LogP contribution in [0.25, 0.3) is 11.0 Å². The van der Waals surface area contributed by atoms with Crippen LogP contribution in [0.3, 0.4) is 0 Å². The number of aromatic amines is 1. The fourth-order valence-electron chi connectivity index (χ4n) is 2.63. The van der Waals surface area contributed by atoms with E-state index in [1.54, 1.807) is 23.1 Å². The third-order valence-corrected chi connectivity index (χ3v) is 3.63. The summed E-state index contributed by atoms with van der Waals surface area (Å²) in [6.45, 7) is 5.86. The zero-order chi connectivity index (χ0) is 15.7. The Labute approximate surface area is 127 Å². The maximum Gasteiger partial charge on any atom is 0.250 e. The summed E-state index contributed by atoms with van der Waals surface area (Å²) in [5.74, 6) is 0.371. The highest BCUT2D eigenvalue weighted by Crippen LogP contribution is 2.24. The molecule has 22 heavy (non-hydrogen) atoms. The Morgan fingerprint density at radius 1 is 1.45 bits per heavy atom. The van der Waals surface area contributed by atoms with Crippen LogP contribution in [0.2, 0.25) is 0 Å². The number of nitrogens with zero attached hydrogens (tertiary/aromatic N) is 4. The molecule has 0 saturated heterocycles. The number of pyridine rings is 1. The number of carbonyl (C=O) groups is 1. The molecule has 7 nitrogen and oxygen atoms in total. The number of rotatable bonds is 4. The number of amides is 1. The van der Waals surface area contributed by atoms with Gasteiger partial charge < -0.3 is 5.32 Å². The number of carbonyl (C=O) groups excluding carboxylic acids is 1. The molecular formula is C15H18N6O. The van der Waals surface area contributed by atoms with E-state index in [1.807, 2.05) is 26.8 Å². The molecule has 0 radical (unpaired) electrons. The number of fused-ring (bicyclic) bond motifs is 1. The molecule has 3 heterocycles. The van der Waals surface area contributed by atoms with Crippen molar-refractivity contribution in [2.45, 2.75) is 33.2 Å². The van der Waals surface area contributed by atoms with E-state index >= 15 is 0 Å². The van der Waals surface area contributed by atoms with Crippen molar-refractivity contribution in [2.75, 3.05) is 5.32 Å². The van der Waals surface area contributed by atoms with Gasteiger partial charge in [-0.05, 0) is 38.0 Å². The first-order valence-corrected chi connectivity index (χ1v) is 7.22. The topological polar surface area (TPSA) is 88.5 Å². The molecule has 0 spiro atoms. The molecule has 0 aliphatic carbocycles. The summed E-state index contributed by atoms with van der Waals surface area (Å²) in [6.07, 6.45) is 4.09. The fraction of sp³-hybridized carbons (Fsp3) is 0.333. The minimum Gasteiger partial charge on any atom is -0.307 e. The second kappa shape index (κ2) is 5.59. The van der Waals surface area contributed by atoms with Crippen molar-refractivity contribution in [1.29, 1.82) is 0 Å². The summed E-state index contributed by atoms with van der Waals surface area (Å²) in [5.41, 5.74) is 2.62. The van der Waals surface area contributed by atoms with E-state index < -0.39 is 0 Å². The third-order valence-electron chi connectivity index (χ3n) is 3.63. The van der Waals surface area contributed by atoms with Crippen LogP contribution in [-0.2, 0) is 4.79 Å². The van der Waals surface area contributed by atoms with Gasteiger partial charge in [0.05, 0.1) is 5.39 Å². The molecule has 0 bridgehead atoms. The molecule has 0 fully saturated rings. The van der Waals surface area contributed by atoms with Crippen LogP contribution < -0.4 is 5.32 Å². The number of nitrogens with one attached hydrogen (secondary N) is 2. The van der Waals surface area contributed by atoms with Gasteiger partial charge in [0.25, 0.3) is 0 Å². The lowest BCUT2D eigenvalue weighted by Gasteiger charge is -2.14. The minimum absolute atomic E-state index is 0.139. The second-order valence-corrected chi connectivity index (χ2v) is 5.28. The van der Waals surface area contributed by atoms with Gasteiger partial charge in [0.15, 0.2) is 11.5 Å². The highest BCUT2D eigenvalue weighted by atomic mass is 16.2. The summed E-state index contributed by atoms with van der Waals surface area (Å²) in [6, 6.07) is 3.41. The smallest absolute Gasteiger partial charge is 0.250 e. The Bertz CT molecular complexity index is 805. The second-order valence-electron chi connectivity index (χ2n) is 5.28. The van der Waals surface area contributed by atoms with Gasteiger partial charge in [-0.15, -0.1) is 0 Å². The van der Waals surface area contributed by atoms with Gasteiger partial charge in [-0.2, -0.15) is 10.2 Å². The molecule has 1 amide bonds. The first kappa shape index (κ1) is 14.2. The molecule has 1 atom stereocenters. The van der Waals surface area contributed by atoms with Crippen molar-refractivity contribution >= 4 is 22.8 Å². The minimum atomic E-state index is -0.361. The number of anilines is 1. The molecule has 3 rings (SSSR count). The Morgan fingerprint density at radius 2 is 2.27 bits per heavy atom. The highest BCUT2D eigenvalue weighted by molar-refractivity contribution is 6.01. The molecule has 3 aromatic rings. The van der Waals surface area contributed by atoms with Gasteiger partial charge in [-0.1, -0.05) is 6.92 Å². The highest BCUT2D eigenvalue weighted by Gasteiger charge is 2.21. The van der Waals surface area contributed by atoms with Crippen molar-refractivity contribution in [3.8, 4) is 0 Å². The summed E-state index contributed by atoms with van der Waals surface area (Å²) < 4.78 is 1.65. The molecule has 0 saturated carbocycles. The van der Waals surface area contributed by atoms with Crippen molar-refractivity contribution in [3.63, 3.8) is 0 Å². The summed E-state index contributed by atoms with van der Waals surface area (Å²) in [5, 5.41) is 14.9. The van der Waals surface area contributed by atoms with Crippen LogP contribution in [0.4, 0.5) is 5.82 Å². The molecule has 0 aliphatic heterocycles. The van der Waals surface area contributed by atoms with Crippen LogP contribution in [-0.4, -0.2) is 30.9 Å². The molecule has 1 unspecified atom stereocenters. The quantitative estimate of drug-likeness (QED) is 0.774.